The Morgan fingerprint density at radius 1 is 0.952 bits per heavy atom. The summed E-state index contributed by atoms with van der Waals surface area (Å²) < 4.78 is 24.3. The zero-order valence-electron chi connectivity index (χ0n) is 12.7. The van der Waals surface area contributed by atoms with Crippen LogP contribution in [0.1, 0.15) is 20.8 Å². The fourth-order valence-electron chi connectivity index (χ4n) is 1.87. The number of rotatable bonds is 4. The van der Waals surface area contributed by atoms with Crippen molar-refractivity contribution < 1.29 is 13.9 Å². The molecule has 0 bridgehead atoms. The summed E-state index contributed by atoms with van der Waals surface area (Å²) in [5.41, 5.74) is 1.30. The molecule has 0 aliphatic heterocycles. The second kappa shape index (κ2) is 6.04. The lowest BCUT2D eigenvalue weighted by atomic mass is 10.2. The summed E-state index contributed by atoms with van der Waals surface area (Å²) in [6, 6.07) is 12.3. The Morgan fingerprint density at radius 2 is 1.57 bits per heavy atom. The van der Waals surface area contributed by atoms with Gasteiger partial charge in [-0.25, -0.2) is 4.39 Å². The molecule has 0 aliphatic carbocycles. The zero-order valence-corrected chi connectivity index (χ0v) is 12.7. The summed E-state index contributed by atoms with van der Waals surface area (Å²) in [5, 5.41) is 3.13. The van der Waals surface area contributed by atoms with Crippen LogP contribution in [0.2, 0.25) is 0 Å². The number of ether oxygens (including phenoxy) is 2. The Kier molecular flexibility index (Phi) is 4.36. The first-order valence-electron chi connectivity index (χ1n) is 6.77. The van der Waals surface area contributed by atoms with Gasteiger partial charge in [-0.1, -0.05) is 0 Å². The van der Waals surface area contributed by atoms with Gasteiger partial charge in [0, 0.05) is 17.4 Å². The summed E-state index contributed by atoms with van der Waals surface area (Å²) in [5.74, 6) is 0.638. The summed E-state index contributed by atoms with van der Waals surface area (Å²) in [7, 11) is 1.44. The van der Waals surface area contributed by atoms with Crippen molar-refractivity contribution in [3.8, 4) is 11.5 Å². The molecule has 0 aliphatic rings. The number of halogens is 1. The topological polar surface area (TPSA) is 30.5 Å². The van der Waals surface area contributed by atoms with Crippen LogP contribution in [0.5, 0.6) is 11.5 Å². The Bertz CT molecular complexity index is 603. The van der Waals surface area contributed by atoms with E-state index in [2.05, 4.69) is 5.32 Å². The van der Waals surface area contributed by atoms with Crippen molar-refractivity contribution in [1.29, 1.82) is 0 Å². The fraction of sp³-hybridized carbons (Fsp3) is 0.294. The predicted molar refractivity (Wildman–Crippen MR) is 83.1 cm³/mol. The highest BCUT2D eigenvalue weighted by Gasteiger charge is 2.11. The van der Waals surface area contributed by atoms with E-state index in [0.717, 1.165) is 11.4 Å². The minimum absolute atomic E-state index is 0.228. The number of nitrogens with one attached hydrogen (secondary N) is 1. The normalized spacial score (nSPS) is 11.1. The van der Waals surface area contributed by atoms with Gasteiger partial charge in [-0.15, -0.1) is 0 Å². The van der Waals surface area contributed by atoms with Gasteiger partial charge in [0.1, 0.15) is 11.4 Å². The quantitative estimate of drug-likeness (QED) is 0.880. The molecule has 2 rings (SSSR count). The molecule has 0 heterocycles. The lowest BCUT2D eigenvalue weighted by Crippen LogP contribution is -2.22. The molecule has 2 aromatic carbocycles. The maximum atomic E-state index is 13.6. The lowest BCUT2D eigenvalue weighted by Gasteiger charge is -2.21. The molecule has 0 radical (unpaired) electrons. The van der Waals surface area contributed by atoms with E-state index in [-0.39, 0.29) is 11.4 Å². The Morgan fingerprint density at radius 3 is 2.10 bits per heavy atom. The van der Waals surface area contributed by atoms with E-state index in [1.165, 1.54) is 13.2 Å². The molecule has 4 heteroatoms. The second-order valence-corrected chi connectivity index (χ2v) is 5.71. The lowest BCUT2D eigenvalue weighted by molar-refractivity contribution is 0.131. The molecule has 0 saturated carbocycles. The fourth-order valence-corrected chi connectivity index (χ4v) is 1.87. The van der Waals surface area contributed by atoms with Crippen LogP contribution < -0.4 is 14.8 Å². The summed E-state index contributed by atoms with van der Waals surface area (Å²) in [6.07, 6.45) is 0. The first kappa shape index (κ1) is 15.2. The maximum Gasteiger partial charge on any atom is 0.167 e. The molecule has 1 N–H and O–H groups in total. The molecule has 0 unspecified atom stereocenters. The molecule has 0 saturated heterocycles. The van der Waals surface area contributed by atoms with Crippen LogP contribution in [0.4, 0.5) is 15.8 Å². The molecule has 0 amide bonds. The van der Waals surface area contributed by atoms with Crippen molar-refractivity contribution in [1.82, 2.24) is 0 Å². The van der Waals surface area contributed by atoms with E-state index in [9.17, 15) is 4.39 Å². The minimum Gasteiger partial charge on any atom is -0.494 e. The smallest absolute Gasteiger partial charge is 0.167 e. The first-order valence-corrected chi connectivity index (χ1v) is 6.77. The van der Waals surface area contributed by atoms with Gasteiger partial charge in [0.05, 0.1) is 7.11 Å². The Hall–Kier alpha value is -2.23. The van der Waals surface area contributed by atoms with Gasteiger partial charge in [-0.3, -0.25) is 0 Å². The average Bonchev–Trinajstić information content (AvgIpc) is 2.40. The third kappa shape index (κ3) is 4.38. The highest BCUT2D eigenvalue weighted by Crippen LogP contribution is 2.25. The van der Waals surface area contributed by atoms with Crippen molar-refractivity contribution >= 4 is 11.4 Å². The van der Waals surface area contributed by atoms with Crippen LogP contribution >= 0.6 is 0 Å². The van der Waals surface area contributed by atoms with Gasteiger partial charge < -0.3 is 14.8 Å². The molecule has 0 atom stereocenters. The monoisotopic (exact) mass is 289 g/mol. The van der Waals surface area contributed by atoms with E-state index in [1.807, 2.05) is 45.0 Å². The minimum atomic E-state index is -0.393. The van der Waals surface area contributed by atoms with E-state index < -0.39 is 5.82 Å². The highest BCUT2D eigenvalue weighted by atomic mass is 19.1. The molecular formula is C17H20FNO2. The van der Waals surface area contributed by atoms with E-state index >= 15 is 0 Å². The third-order valence-electron chi connectivity index (χ3n) is 2.72. The van der Waals surface area contributed by atoms with Crippen molar-refractivity contribution in [3.05, 3.63) is 48.3 Å². The molecular weight excluding hydrogens is 269 g/mol. The van der Waals surface area contributed by atoms with Crippen molar-refractivity contribution in [2.24, 2.45) is 0 Å². The summed E-state index contributed by atoms with van der Waals surface area (Å²) in [4.78, 5) is 0. The van der Waals surface area contributed by atoms with Gasteiger partial charge >= 0.3 is 0 Å². The van der Waals surface area contributed by atoms with Crippen LogP contribution in [0, 0.1) is 5.82 Å². The maximum absolute atomic E-state index is 13.6. The van der Waals surface area contributed by atoms with E-state index in [4.69, 9.17) is 9.47 Å². The van der Waals surface area contributed by atoms with Crippen LogP contribution in [0.15, 0.2) is 42.5 Å². The SMILES string of the molecule is COc1ccc(Nc2ccc(OC(C)(C)C)cc2)cc1F. The molecule has 21 heavy (non-hydrogen) atoms. The largest absolute Gasteiger partial charge is 0.494 e. The van der Waals surface area contributed by atoms with Crippen LogP contribution in [0.3, 0.4) is 0 Å². The van der Waals surface area contributed by atoms with E-state index in [1.54, 1.807) is 12.1 Å². The van der Waals surface area contributed by atoms with Gasteiger partial charge in [0.15, 0.2) is 11.6 Å². The van der Waals surface area contributed by atoms with Crippen molar-refractivity contribution in [2.45, 2.75) is 26.4 Å². The van der Waals surface area contributed by atoms with E-state index in [0.29, 0.717) is 5.69 Å². The first-order chi connectivity index (χ1) is 9.87. The molecule has 2 aromatic rings. The van der Waals surface area contributed by atoms with Gasteiger partial charge in [-0.2, -0.15) is 0 Å². The third-order valence-corrected chi connectivity index (χ3v) is 2.72. The average molecular weight is 289 g/mol. The predicted octanol–water partition coefficient (Wildman–Crippen LogP) is 4.76. The van der Waals surface area contributed by atoms with Gasteiger partial charge in [0.2, 0.25) is 0 Å². The Labute approximate surface area is 124 Å². The number of hydrogen-bond acceptors (Lipinski definition) is 3. The van der Waals surface area contributed by atoms with Crippen molar-refractivity contribution in [3.63, 3.8) is 0 Å². The van der Waals surface area contributed by atoms with Gasteiger partial charge in [0.25, 0.3) is 0 Å². The summed E-state index contributed by atoms with van der Waals surface area (Å²) >= 11 is 0. The van der Waals surface area contributed by atoms with Crippen molar-refractivity contribution in [2.75, 3.05) is 12.4 Å². The van der Waals surface area contributed by atoms with Gasteiger partial charge in [-0.05, 0) is 57.2 Å². The van der Waals surface area contributed by atoms with Crippen LogP contribution in [-0.2, 0) is 0 Å². The number of anilines is 2. The zero-order chi connectivity index (χ0) is 15.5. The van der Waals surface area contributed by atoms with Crippen LogP contribution in [0.25, 0.3) is 0 Å². The molecule has 0 fully saturated rings. The van der Waals surface area contributed by atoms with Crippen LogP contribution in [-0.4, -0.2) is 12.7 Å². The molecule has 112 valence electrons. The molecule has 0 spiro atoms. The second-order valence-electron chi connectivity index (χ2n) is 5.71. The molecule has 0 aromatic heterocycles. The highest BCUT2D eigenvalue weighted by molar-refractivity contribution is 5.61. The number of hydrogen-bond donors (Lipinski definition) is 1. The number of benzene rings is 2. The standard InChI is InChI=1S/C17H20FNO2/c1-17(2,3)21-14-8-5-12(6-9-14)19-13-7-10-16(20-4)15(18)11-13/h5-11,19H,1-4H3. The molecule has 3 nitrogen and oxygen atoms in total. The number of methoxy groups -OCH3 is 1. The Balaban J connectivity index is 2.08. The summed E-state index contributed by atoms with van der Waals surface area (Å²) in [6.45, 7) is 6.00.